The number of methoxy groups -OCH3 is 1. The molecule has 3 aromatic rings. The van der Waals surface area contributed by atoms with Gasteiger partial charge in [-0.1, -0.05) is 30.3 Å². The van der Waals surface area contributed by atoms with Gasteiger partial charge in [-0.15, -0.1) is 0 Å². The van der Waals surface area contributed by atoms with E-state index in [-0.39, 0.29) is 5.76 Å². The van der Waals surface area contributed by atoms with Gasteiger partial charge >= 0.3 is 5.97 Å². The molecule has 0 aliphatic heterocycles. The van der Waals surface area contributed by atoms with Crippen LogP contribution in [0.4, 0.5) is 5.69 Å². The molecule has 1 atom stereocenters. The minimum atomic E-state index is -1.000. The topological polar surface area (TPSA) is 77.8 Å². The summed E-state index contributed by atoms with van der Waals surface area (Å²) in [5.74, 6) is -0.520. The van der Waals surface area contributed by atoms with E-state index in [2.05, 4.69) is 5.32 Å². The summed E-state index contributed by atoms with van der Waals surface area (Å²) in [6, 6.07) is 14.3. The normalized spacial score (nSPS) is 11.8. The fourth-order valence-corrected chi connectivity index (χ4v) is 2.62. The van der Waals surface area contributed by atoms with Crippen molar-refractivity contribution in [1.82, 2.24) is 0 Å². The zero-order valence-corrected chi connectivity index (χ0v) is 14.7. The van der Waals surface area contributed by atoms with Crippen LogP contribution in [0.25, 0.3) is 11.0 Å². The van der Waals surface area contributed by atoms with Gasteiger partial charge in [0.2, 0.25) is 5.76 Å². The molecule has 1 amide bonds. The van der Waals surface area contributed by atoms with Gasteiger partial charge in [-0.3, -0.25) is 4.79 Å². The zero-order valence-electron chi connectivity index (χ0n) is 14.7. The van der Waals surface area contributed by atoms with Gasteiger partial charge < -0.3 is 19.2 Å². The molecule has 0 saturated heterocycles. The number of carbonyl (C=O) groups is 2. The van der Waals surface area contributed by atoms with Gasteiger partial charge in [0.1, 0.15) is 11.3 Å². The lowest BCUT2D eigenvalue weighted by atomic mass is 10.1. The summed E-state index contributed by atoms with van der Waals surface area (Å²) in [5.41, 5.74) is 1.79. The van der Waals surface area contributed by atoms with Gasteiger partial charge in [-0.2, -0.15) is 0 Å². The summed E-state index contributed by atoms with van der Waals surface area (Å²) in [4.78, 5) is 24.7. The largest absolute Gasteiger partial charge is 0.495 e. The average molecular weight is 353 g/mol. The van der Waals surface area contributed by atoms with E-state index in [1.165, 1.54) is 14.0 Å². The van der Waals surface area contributed by atoms with Crippen molar-refractivity contribution in [3.05, 3.63) is 59.9 Å². The van der Waals surface area contributed by atoms with Crippen LogP contribution >= 0.6 is 0 Å². The van der Waals surface area contributed by atoms with E-state index in [1.807, 2.05) is 18.2 Å². The minimum absolute atomic E-state index is 0.100. The first kappa shape index (κ1) is 17.5. The Morgan fingerprint density at radius 1 is 1.08 bits per heavy atom. The predicted octanol–water partition coefficient (Wildman–Crippen LogP) is 3.93. The second-order valence-electron chi connectivity index (χ2n) is 5.79. The number of benzene rings is 2. The van der Waals surface area contributed by atoms with Crippen LogP contribution in [0.2, 0.25) is 0 Å². The molecule has 1 N–H and O–H groups in total. The summed E-state index contributed by atoms with van der Waals surface area (Å²) in [6.45, 7) is 3.28. The van der Waals surface area contributed by atoms with Gasteiger partial charge in [-0.05, 0) is 32.0 Å². The van der Waals surface area contributed by atoms with Crippen LogP contribution < -0.4 is 10.1 Å². The van der Waals surface area contributed by atoms with Crippen LogP contribution in [0, 0.1) is 6.92 Å². The number of nitrogens with one attached hydrogen (secondary N) is 1. The molecule has 0 bridgehead atoms. The van der Waals surface area contributed by atoms with Crippen molar-refractivity contribution in [2.24, 2.45) is 0 Å². The number of fused-ring (bicyclic) bond motifs is 1. The molecule has 1 heterocycles. The number of aryl methyl sites for hydroxylation is 1. The number of anilines is 1. The van der Waals surface area contributed by atoms with Crippen molar-refractivity contribution in [3.8, 4) is 5.75 Å². The molecule has 1 aromatic heterocycles. The standard InChI is InChI=1S/C20H19NO5/c1-12-14-8-4-6-10-16(14)26-18(12)20(23)25-13(2)19(22)21-15-9-5-7-11-17(15)24-3/h4-11,13H,1-3H3,(H,21,22)/t13-/m0/s1. The maximum Gasteiger partial charge on any atom is 0.375 e. The molecule has 0 aliphatic rings. The maximum atomic E-state index is 12.4. The molecule has 0 spiro atoms. The number of carbonyl (C=O) groups excluding carboxylic acids is 2. The van der Waals surface area contributed by atoms with Crippen molar-refractivity contribution in [3.63, 3.8) is 0 Å². The predicted molar refractivity (Wildman–Crippen MR) is 97.5 cm³/mol. The van der Waals surface area contributed by atoms with E-state index in [0.29, 0.717) is 22.6 Å². The molecule has 134 valence electrons. The van der Waals surface area contributed by atoms with Gasteiger partial charge in [-0.25, -0.2) is 4.79 Å². The van der Waals surface area contributed by atoms with E-state index in [0.717, 1.165) is 5.39 Å². The van der Waals surface area contributed by atoms with Crippen molar-refractivity contribution in [2.75, 3.05) is 12.4 Å². The number of furan rings is 1. The van der Waals surface area contributed by atoms with Crippen LogP contribution in [0.15, 0.2) is 52.9 Å². The highest BCUT2D eigenvalue weighted by atomic mass is 16.6. The Morgan fingerprint density at radius 3 is 2.50 bits per heavy atom. The van der Waals surface area contributed by atoms with E-state index in [4.69, 9.17) is 13.9 Å². The first-order chi connectivity index (χ1) is 12.5. The highest BCUT2D eigenvalue weighted by molar-refractivity contribution is 5.99. The minimum Gasteiger partial charge on any atom is -0.495 e. The van der Waals surface area contributed by atoms with Crippen LogP contribution in [-0.2, 0) is 9.53 Å². The molecule has 0 radical (unpaired) electrons. The molecule has 0 fully saturated rings. The number of amides is 1. The number of hydrogen-bond donors (Lipinski definition) is 1. The highest BCUT2D eigenvalue weighted by Crippen LogP contribution is 2.26. The monoisotopic (exact) mass is 353 g/mol. The van der Waals surface area contributed by atoms with Crippen LogP contribution in [-0.4, -0.2) is 25.1 Å². The Labute approximate surface area is 150 Å². The average Bonchev–Trinajstić information content (AvgIpc) is 2.99. The smallest absolute Gasteiger partial charge is 0.375 e. The number of esters is 1. The van der Waals surface area contributed by atoms with Crippen molar-refractivity contribution in [2.45, 2.75) is 20.0 Å². The van der Waals surface area contributed by atoms with Crippen molar-refractivity contribution in [1.29, 1.82) is 0 Å². The highest BCUT2D eigenvalue weighted by Gasteiger charge is 2.24. The summed E-state index contributed by atoms with van der Waals surface area (Å²) in [7, 11) is 1.51. The summed E-state index contributed by atoms with van der Waals surface area (Å²) in [5, 5.41) is 3.53. The Bertz CT molecular complexity index is 960. The third kappa shape index (κ3) is 3.39. The van der Waals surface area contributed by atoms with E-state index in [1.54, 1.807) is 37.3 Å². The molecule has 6 nitrogen and oxygen atoms in total. The fraction of sp³-hybridized carbons (Fsp3) is 0.200. The molecule has 26 heavy (non-hydrogen) atoms. The number of para-hydroxylation sites is 3. The summed E-state index contributed by atoms with van der Waals surface area (Å²) >= 11 is 0. The fourth-order valence-electron chi connectivity index (χ4n) is 2.62. The van der Waals surface area contributed by atoms with E-state index >= 15 is 0 Å². The van der Waals surface area contributed by atoms with Gasteiger partial charge in [0.25, 0.3) is 5.91 Å². The Hall–Kier alpha value is -3.28. The molecular weight excluding hydrogens is 334 g/mol. The lowest BCUT2D eigenvalue weighted by Gasteiger charge is -2.14. The first-order valence-electron chi connectivity index (χ1n) is 8.14. The quantitative estimate of drug-likeness (QED) is 0.703. The SMILES string of the molecule is COc1ccccc1NC(=O)[C@H](C)OC(=O)c1oc2ccccc2c1C. The number of rotatable bonds is 5. The third-order valence-electron chi connectivity index (χ3n) is 4.05. The van der Waals surface area contributed by atoms with Gasteiger partial charge in [0.15, 0.2) is 6.10 Å². The van der Waals surface area contributed by atoms with E-state index in [9.17, 15) is 9.59 Å². The molecule has 6 heteroatoms. The van der Waals surface area contributed by atoms with E-state index < -0.39 is 18.0 Å². The summed E-state index contributed by atoms with van der Waals surface area (Å²) in [6.07, 6.45) is -1.000. The molecule has 0 unspecified atom stereocenters. The third-order valence-corrected chi connectivity index (χ3v) is 4.05. The second-order valence-corrected chi connectivity index (χ2v) is 5.79. The second kappa shape index (κ2) is 7.31. The lowest BCUT2D eigenvalue weighted by Crippen LogP contribution is -2.30. The Balaban J connectivity index is 1.72. The summed E-state index contributed by atoms with van der Waals surface area (Å²) < 4.78 is 16.0. The Morgan fingerprint density at radius 2 is 1.77 bits per heavy atom. The Kier molecular flexibility index (Phi) is 4.93. The molecule has 3 rings (SSSR count). The lowest BCUT2D eigenvalue weighted by molar-refractivity contribution is -0.123. The van der Waals surface area contributed by atoms with Gasteiger partial charge in [0, 0.05) is 10.9 Å². The molecule has 0 saturated carbocycles. The van der Waals surface area contributed by atoms with Crippen LogP contribution in [0.1, 0.15) is 23.0 Å². The number of hydrogen-bond acceptors (Lipinski definition) is 5. The first-order valence-corrected chi connectivity index (χ1v) is 8.14. The molecule has 0 aliphatic carbocycles. The molecule has 2 aromatic carbocycles. The number of ether oxygens (including phenoxy) is 2. The maximum absolute atomic E-state index is 12.4. The zero-order chi connectivity index (χ0) is 18.7. The van der Waals surface area contributed by atoms with Gasteiger partial charge in [0.05, 0.1) is 12.8 Å². The molecular formula is C20H19NO5. The van der Waals surface area contributed by atoms with Crippen molar-refractivity contribution >= 4 is 28.5 Å². The van der Waals surface area contributed by atoms with Crippen LogP contribution in [0.5, 0.6) is 5.75 Å². The van der Waals surface area contributed by atoms with Crippen LogP contribution in [0.3, 0.4) is 0 Å². The van der Waals surface area contributed by atoms with Crippen molar-refractivity contribution < 1.29 is 23.5 Å².